The number of carboxylic acids is 1. The molecule has 2 N–H and O–H groups in total. The fraction of sp³-hybridized carbons (Fsp3) is 0.579. The Morgan fingerprint density at radius 3 is 2.32 bits per heavy atom. The molecule has 138 valence electrons. The number of carboxylic acid groups (broad SMARTS) is 1. The highest BCUT2D eigenvalue weighted by Gasteiger charge is 2.43. The van der Waals surface area contributed by atoms with Crippen molar-refractivity contribution in [2.24, 2.45) is 0 Å². The first-order valence-electron chi connectivity index (χ1n) is 8.60. The van der Waals surface area contributed by atoms with E-state index in [1.54, 1.807) is 39.0 Å². The fourth-order valence-electron chi connectivity index (χ4n) is 3.33. The number of nitrogens with one attached hydrogen (secondary N) is 1. The molecule has 1 amide bonds. The summed E-state index contributed by atoms with van der Waals surface area (Å²) < 4.78 is 10.7. The van der Waals surface area contributed by atoms with Gasteiger partial charge in [-0.3, -0.25) is 10.1 Å². The number of benzene rings is 1. The van der Waals surface area contributed by atoms with Gasteiger partial charge >= 0.3 is 12.1 Å². The summed E-state index contributed by atoms with van der Waals surface area (Å²) in [6, 6.07) is 5.08. The van der Waals surface area contributed by atoms with Crippen molar-refractivity contribution < 1.29 is 24.2 Å². The number of aliphatic carboxylic acids is 1. The number of anilines is 1. The average Bonchev–Trinajstić information content (AvgIpc) is 2.53. The third-order valence-electron chi connectivity index (χ3n) is 4.48. The zero-order chi connectivity index (χ0) is 18.7. The van der Waals surface area contributed by atoms with Crippen LogP contribution in [0.3, 0.4) is 0 Å². The molecule has 0 unspecified atom stereocenters. The molecule has 0 atom stereocenters. The number of hydrogen-bond acceptors (Lipinski definition) is 4. The lowest BCUT2D eigenvalue weighted by molar-refractivity contribution is -0.145. The summed E-state index contributed by atoms with van der Waals surface area (Å²) in [5, 5.41) is 12.6. The molecule has 1 saturated carbocycles. The lowest BCUT2D eigenvalue weighted by atomic mass is 9.69. The molecule has 1 aromatic rings. The monoisotopic (exact) mass is 349 g/mol. The Hall–Kier alpha value is -2.24. The van der Waals surface area contributed by atoms with E-state index in [2.05, 4.69) is 5.32 Å². The summed E-state index contributed by atoms with van der Waals surface area (Å²) in [6.07, 6.45) is 3.31. The van der Waals surface area contributed by atoms with Crippen molar-refractivity contribution in [1.82, 2.24) is 0 Å². The third kappa shape index (κ3) is 4.44. The van der Waals surface area contributed by atoms with Crippen LogP contribution in [0.4, 0.5) is 10.5 Å². The molecule has 0 heterocycles. The van der Waals surface area contributed by atoms with Crippen molar-refractivity contribution in [3.05, 3.63) is 23.8 Å². The number of carbonyl (C=O) groups is 2. The van der Waals surface area contributed by atoms with Crippen molar-refractivity contribution >= 4 is 17.7 Å². The molecule has 1 aromatic carbocycles. The largest absolute Gasteiger partial charge is 0.496 e. The summed E-state index contributed by atoms with van der Waals surface area (Å²) in [6.45, 7) is 5.36. The molecule has 0 spiro atoms. The van der Waals surface area contributed by atoms with Crippen molar-refractivity contribution in [2.75, 3.05) is 12.4 Å². The van der Waals surface area contributed by atoms with E-state index < -0.39 is 23.1 Å². The van der Waals surface area contributed by atoms with Gasteiger partial charge in [-0.2, -0.15) is 0 Å². The molecular weight excluding hydrogens is 322 g/mol. The molecule has 0 saturated heterocycles. The second-order valence-corrected chi connectivity index (χ2v) is 7.49. The van der Waals surface area contributed by atoms with Gasteiger partial charge in [-0.15, -0.1) is 0 Å². The molecule has 1 aliphatic rings. The van der Waals surface area contributed by atoms with Gasteiger partial charge in [0.2, 0.25) is 0 Å². The van der Waals surface area contributed by atoms with Crippen LogP contribution >= 0.6 is 0 Å². The highest BCUT2D eigenvalue weighted by atomic mass is 16.6. The summed E-state index contributed by atoms with van der Waals surface area (Å²) in [5.74, 6) is -0.320. The number of hydrogen-bond donors (Lipinski definition) is 2. The van der Waals surface area contributed by atoms with Gasteiger partial charge in [0.15, 0.2) is 0 Å². The Morgan fingerprint density at radius 1 is 1.16 bits per heavy atom. The highest BCUT2D eigenvalue weighted by Crippen LogP contribution is 2.44. The van der Waals surface area contributed by atoms with Gasteiger partial charge in [0, 0.05) is 11.3 Å². The standard InChI is InChI=1S/C19H27NO5/c1-18(2,3)25-17(23)20-13-8-9-15(24-4)14(12-13)19(16(21)22)10-6-5-7-11-19/h8-9,12H,5-7,10-11H2,1-4H3,(H,20,23)(H,21,22). The van der Waals surface area contributed by atoms with Gasteiger partial charge in [-0.1, -0.05) is 19.3 Å². The van der Waals surface area contributed by atoms with Crippen LogP contribution in [-0.4, -0.2) is 29.9 Å². The average molecular weight is 349 g/mol. The smallest absolute Gasteiger partial charge is 0.412 e. The van der Waals surface area contributed by atoms with Gasteiger partial charge in [-0.05, 0) is 51.8 Å². The Morgan fingerprint density at radius 2 is 1.80 bits per heavy atom. The van der Waals surface area contributed by atoms with Crippen LogP contribution in [0, 0.1) is 0 Å². The van der Waals surface area contributed by atoms with Crippen molar-refractivity contribution in [3.8, 4) is 5.75 Å². The lowest BCUT2D eigenvalue weighted by Crippen LogP contribution is -2.38. The molecule has 6 nitrogen and oxygen atoms in total. The zero-order valence-electron chi connectivity index (χ0n) is 15.3. The SMILES string of the molecule is COc1ccc(NC(=O)OC(C)(C)C)cc1C1(C(=O)O)CCCCC1. The molecule has 2 rings (SSSR count). The minimum Gasteiger partial charge on any atom is -0.496 e. The molecule has 1 fully saturated rings. The highest BCUT2D eigenvalue weighted by molar-refractivity contribution is 5.87. The maximum absolute atomic E-state index is 12.1. The van der Waals surface area contributed by atoms with Crippen LogP contribution in [-0.2, 0) is 14.9 Å². The summed E-state index contributed by atoms with van der Waals surface area (Å²) in [4.78, 5) is 24.1. The van der Waals surface area contributed by atoms with Crippen LogP contribution in [0.5, 0.6) is 5.75 Å². The maximum Gasteiger partial charge on any atom is 0.412 e. The number of ether oxygens (including phenoxy) is 2. The summed E-state index contributed by atoms with van der Waals surface area (Å²) in [5.41, 5.74) is -0.479. The van der Waals surface area contributed by atoms with E-state index in [0.717, 1.165) is 19.3 Å². The van der Waals surface area contributed by atoms with Gasteiger partial charge in [0.25, 0.3) is 0 Å². The minimum atomic E-state index is -0.977. The number of carbonyl (C=O) groups excluding carboxylic acids is 1. The Labute approximate surface area is 148 Å². The van der Waals surface area contributed by atoms with E-state index in [-0.39, 0.29) is 0 Å². The van der Waals surface area contributed by atoms with Crippen LogP contribution in [0.25, 0.3) is 0 Å². The molecular formula is C19H27NO5. The quantitative estimate of drug-likeness (QED) is 0.845. The number of methoxy groups -OCH3 is 1. The molecule has 6 heteroatoms. The first-order chi connectivity index (χ1) is 11.7. The van der Waals surface area contributed by atoms with Gasteiger partial charge in [0.05, 0.1) is 12.5 Å². The van der Waals surface area contributed by atoms with E-state index in [4.69, 9.17) is 9.47 Å². The Bertz CT molecular complexity index is 642. The molecule has 0 bridgehead atoms. The van der Waals surface area contributed by atoms with Crippen LogP contribution in [0.2, 0.25) is 0 Å². The van der Waals surface area contributed by atoms with Crippen molar-refractivity contribution in [2.45, 2.75) is 63.9 Å². The normalized spacial score (nSPS) is 16.8. The van der Waals surface area contributed by atoms with E-state index >= 15 is 0 Å². The van der Waals surface area contributed by atoms with E-state index in [1.165, 1.54) is 7.11 Å². The van der Waals surface area contributed by atoms with Gasteiger partial charge < -0.3 is 14.6 Å². The third-order valence-corrected chi connectivity index (χ3v) is 4.48. The van der Waals surface area contributed by atoms with Gasteiger partial charge in [-0.25, -0.2) is 4.79 Å². The predicted molar refractivity (Wildman–Crippen MR) is 95.2 cm³/mol. The summed E-state index contributed by atoms with van der Waals surface area (Å²) in [7, 11) is 1.53. The second kappa shape index (κ2) is 7.33. The maximum atomic E-state index is 12.1. The molecule has 0 radical (unpaired) electrons. The molecule has 0 aliphatic heterocycles. The topological polar surface area (TPSA) is 84.9 Å². The van der Waals surface area contributed by atoms with Gasteiger partial charge in [0.1, 0.15) is 11.4 Å². The molecule has 1 aliphatic carbocycles. The predicted octanol–water partition coefficient (Wildman–Crippen LogP) is 4.33. The minimum absolute atomic E-state index is 0.497. The summed E-state index contributed by atoms with van der Waals surface area (Å²) >= 11 is 0. The molecule has 0 aromatic heterocycles. The Kier molecular flexibility index (Phi) is 5.60. The number of rotatable bonds is 4. The van der Waals surface area contributed by atoms with E-state index in [1.807, 2.05) is 0 Å². The van der Waals surface area contributed by atoms with Crippen LogP contribution in [0.15, 0.2) is 18.2 Å². The van der Waals surface area contributed by atoms with E-state index in [9.17, 15) is 14.7 Å². The molecule has 25 heavy (non-hydrogen) atoms. The van der Waals surface area contributed by atoms with Crippen LogP contribution < -0.4 is 10.1 Å². The number of amides is 1. The first-order valence-corrected chi connectivity index (χ1v) is 8.60. The first kappa shape index (κ1) is 19.1. The lowest BCUT2D eigenvalue weighted by Gasteiger charge is -2.34. The zero-order valence-corrected chi connectivity index (χ0v) is 15.3. The van der Waals surface area contributed by atoms with E-state index in [0.29, 0.717) is 29.8 Å². The fourth-order valence-corrected chi connectivity index (χ4v) is 3.33. The van der Waals surface area contributed by atoms with Crippen LogP contribution in [0.1, 0.15) is 58.4 Å². The van der Waals surface area contributed by atoms with Crippen molar-refractivity contribution in [1.29, 1.82) is 0 Å². The van der Waals surface area contributed by atoms with Crippen molar-refractivity contribution in [3.63, 3.8) is 0 Å². The second-order valence-electron chi connectivity index (χ2n) is 7.49. The Balaban J connectivity index is 2.36.